The number of furan rings is 1. The van der Waals surface area contributed by atoms with E-state index in [1.54, 1.807) is 0 Å². The van der Waals surface area contributed by atoms with Crippen molar-refractivity contribution in [2.75, 3.05) is 13.1 Å². The van der Waals surface area contributed by atoms with E-state index in [0.717, 1.165) is 17.4 Å². The van der Waals surface area contributed by atoms with Gasteiger partial charge < -0.3 is 9.73 Å². The van der Waals surface area contributed by atoms with Gasteiger partial charge in [0.2, 0.25) is 0 Å². The zero-order valence-electron chi connectivity index (χ0n) is 12.9. The molecular formula is C18H24N2O. The molecule has 3 heteroatoms. The molecule has 2 atom stereocenters. The van der Waals surface area contributed by atoms with Crippen LogP contribution in [0.3, 0.4) is 0 Å². The van der Waals surface area contributed by atoms with E-state index in [0.29, 0.717) is 6.04 Å². The molecule has 1 aliphatic carbocycles. The third-order valence-electron chi connectivity index (χ3n) is 5.04. The summed E-state index contributed by atoms with van der Waals surface area (Å²) in [5.74, 6) is 1.10. The van der Waals surface area contributed by atoms with Crippen LogP contribution in [0.1, 0.15) is 43.6 Å². The van der Waals surface area contributed by atoms with Gasteiger partial charge in [-0.1, -0.05) is 18.2 Å². The second-order valence-electron chi connectivity index (χ2n) is 6.69. The summed E-state index contributed by atoms with van der Waals surface area (Å²) in [5, 5.41) is 5.02. The van der Waals surface area contributed by atoms with E-state index in [1.807, 2.05) is 6.07 Å². The molecule has 2 aliphatic rings. The van der Waals surface area contributed by atoms with Gasteiger partial charge in [-0.2, -0.15) is 0 Å². The number of nitrogens with zero attached hydrogens (tertiary/aromatic N) is 1. The molecule has 1 saturated heterocycles. The molecule has 2 unspecified atom stereocenters. The van der Waals surface area contributed by atoms with Gasteiger partial charge in [0, 0.05) is 30.6 Å². The normalized spacial score (nSPS) is 24.8. The van der Waals surface area contributed by atoms with Crippen LogP contribution in [-0.2, 0) is 0 Å². The van der Waals surface area contributed by atoms with Crippen LogP contribution in [0.4, 0.5) is 0 Å². The summed E-state index contributed by atoms with van der Waals surface area (Å²) in [4.78, 5) is 2.65. The minimum Gasteiger partial charge on any atom is -0.459 e. The topological polar surface area (TPSA) is 28.4 Å². The molecule has 2 fully saturated rings. The third-order valence-corrected chi connectivity index (χ3v) is 5.04. The average Bonchev–Trinajstić information content (AvgIpc) is 3.15. The number of hydrogen-bond acceptors (Lipinski definition) is 3. The van der Waals surface area contributed by atoms with Crippen LogP contribution in [0.15, 0.2) is 28.7 Å². The Morgan fingerprint density at radius 1 is 1.24 bits per heavy atom. The first kappa shape index (κ1) is 13.4. The molecule has 1 aromatic heterocycles. The minimum absolute atomic E-state index is 0.279. The van der Waals surface area contributed by atoms with Crippen LogP contribution >= 0.6 is 0 Å². The van der Waals surface area contributed by atoms with E-state index in [4.69, 9.17) is 4.42 Å². The molecule has 2 aromatic rings. The number of fused-ring (bicyclic) bond motifs is 1. The van der Waals surface area contributed by atoms with Crippen molar-refractivity contribution in [2.45, 2.75) is 51.2 Å². The van der Waals surface area contributed by atoms with Crippen LogP contribution in [0.25, 0.3) is 11.0 Å². The Morgan fingerprint density at radius 3 is 2.81 bits per heavy atom. The number of nitrogens with one attached hydrogen (secondary N) is 1. The van der Waals surface area contributed by atoms with Gasteiger partial charge >= 0.3 is 0 Å². The summed E-state index contributed by atoms with van der Waals surface area (Å²) in [5.41, 5.74) is 2.28. The van der Waals surface area contributed by atoms with Gasteiger partial charge in [-0.3, -0.25) is 4.90 Å². The molecular weight excluding hydrogens is 260 g/mol. The highest BCUT2D eigenvalue weighted by Crippen LogP contribution is 2.32. The zero-order valence-corrected chi connectivity index (χ0v) is 12.9. The predicted octanol–water partition coefficient (Wildman–Crippen LogP) is 3.63. The lowest BCUT2D eigenvalue weighted by atomic mass is 10.1. The summed E-state index contributed by atoms with van der Waals surface area (Å²) in [7, 11) is 0. The molecule has 1 aliphatic heterocycles. The molecule has 1 saturated carbocycles. The molecule has 0 spiro atoms. The Hall–Kier alpha value is -1.32. The van der Waals surface area contributed by atoms with Crippen molar-refractivity contribution >= 4 is 11.0 Å². The van der Waals surface area contributed by atoms with Gasteiger partial charge in [0.25, 0.3) is 0 Å². The lowest BCUT2D eigenvalue weighted by molar-refractivity contribution is 0.310. The van der Waals surface area contributed by atoms with E-state index < -0.39 is 0 Å². The zero-order chi connectivity index (χ0) is 14.4. The maximum atomic E-state index is 6.08. The Kier molecular flexibility index (Phi) is 3.27. The van der Waals surface area contributed by atoms with Crippen LogP contribution in [0, 0.1) is 6.92 Å². The van der Waals surface area contributed by atoms with Crippen molar-refractivity contribution < 1.29 is 4.42 Å². The number of aryl methyl sites for hydroxylation is 1. The molecule has 4 rings (SSSR count). The van der Waals surface area contributed by atoms with Crippen molar-refractivity contribution in [3.63, 3.8) is 0 Å². The van der Waals surface area contributed by atoms with Crippen LogP contribution in [-0.4, -0.2) is 30.1 Å². The highest BCUT2D eigenvalue weighted by Gasteiger charge is 2.35. The Balaban J connectivity index is 1.48. The van der Waals surface area contributed by atoms with E-state index in [9.17, 15) is 0 Å². The second kappa shape index (κ2) is 5.15. The summed E-state index contributed by atoms with van der Waals surface area (Å²) < 4.78 is 6.08. The van der Waals surface area contributed by atoms with Gasteiger partial charge in [0.05, 0.1) is 6.04 Å². The lowest BCUT2D eigenvalue weighted by Gasteiger charge is -2.19. The molecule has 1 N–H and O–H groups in total. The summed E-state index contributed by atoms with van der Waals surface area (Å²) in [6, 6.07) is 10.1. The maximum absolute atomic E-state index is 6.08. The van der Waals surface area contributed by atoms with Gasteiger partial charge in [0.15, 0.2) is 0 Å². The molecule has 21 heavy (non-hydrogen) atoms. The standard InChI is InChI=1S/C18H24N2O/c1-12-16-5-3-4-6-17(16)21-18(12)13(2)19-14-9-10-20(11-14)15-7-8-15/h3-6,13-15,19H,7-11H2,1-2H3. The molecule has 0 bridgehead atoms. The van der Waals surface area contributed by atoms with E-state index >= 15 is 0 Å². The summed E-state index contributed by atoms with van der Waals surface area (Å²) in [6.45, 7) is 6.86. The van der Waals surface area contributed by atoms with Crippen LogP contribution < -0.4 is 5.32 Å². The quantitative estimate of drug-likeness (QED) is 0.929. The number of hydrogen-bond donors (Lipinski definition) is 1. The Morgan fingerprint density at radius 2 is 2.05 bits per heavy atom. The van der Waals surface area contributed by atoms with Crippen molar-refractivity contribution in [1.29, 1.82) is 0 Å². The van der Waals surface area contributed by atoms with Crippen molar-refractivity contribution in [1.82, 2.24) is 10.2 Å². The maximum Gasteiger partial charge on any atom is 0.134 e. The molecule has 0 amide bonds. The summed E-state index contributed by atoms with van der Waals surface area (Å²) in [6.07, 6.45) is 4.08. The fourth-order valence-electron chi connectivity index (χ4n) is 3.73. The third kappa shape index (κ3) is 2.49. The van der Waals surface area contributed by atoms with Gasteiger partial charge in [-0.25, -0.2) is 0 Å². The average molecular weight is 284 g/mol. The van der Waals surface area contributed by atoms with E-state index in [-0.39, 0.29) is 6.04 Å². The smallest absolute Gasteiger partial charge is 0.134 e. The first-order valence-electron chi connectivity index (χ1n) is 8.20. The molecule has 112 valence electrons. The highest BCUT2D eigenvalue weighted by atomic mass is 16.3. The lowest BCUT2D eigenvalue weighted by Crippen LogP contribution is -2.35. The van der Waals surface area contributed by atoms with Crippen LogP contribution in [0.5, 0.6) is 0 Å². The Labute approximate surface area is 126 Å². The fraction of sp³-hybridized carbons (Fsp3) is 0.556. The first-order chi connectivity index (χ1) is 10.2. The molecule has 0 radical (unpaired) electrons. The largest absolute Gasteiger partial charge is 0.459 e. The van der Waals surface area contributed by atoms with Gasteiger partial charge in [0.1, 0.15) is 11.3 Å². The number of likely N-dealkylation sites (tertiary alicyclic amines) is 1. The second-order valence-corrected chi connectivity index (χ2v) is 6.69. The minimum atomic E-state index is 0.279. The number of rotatable bonds is 4. The fourth-order valence-corrected chi connectivity index (χ4v) is 3.73. The van der Waals surface area contributed by atoms with Gasteiger partial charge in [-0.05, 0) is 44.7 Å². The van der Waals surface area contributed by atoms with Crippen LogP contribution in [0.2, 0.25) is 0 Å². The number of benzene rings is 1. The molecule has 1 aromatic carbocycles. The van der Waals surface area contributed by atoms with Crippen molar-refractivity contribution in [3.05, 3.63) is 35.6 Å². The number of para-hydroxylation sites is 1. The predicted molar refractivity (Wildman–Crippen MR) is 85.5 cm³/mol. The SMILES string of the molecule is Cc1c(C(C)NC2CCN(C3CC3)C2)oc2ccccc12. The van der Waals surface area contributed by atoms with E-state index in [1.165, 1.54) is 43.3 Å². The molecule has 3 nitrogen and oxygen atoms in total. The summed E-state index contributed by atoms with van der Waals surface area (Å²) >= 11 is 0. The Bertz CT molecular complexity index is 644. The van der Waals surface area contributed by atoms with Gasteiger partial charge in [-0.15, -0.1) is 0 Å². The monoisotopic (exact) mass is 284 g/mol. The van der Waals surface area contributed by atoms with Crippen molar-refractivity contribution in [2.24, 2.45) is 0 Å². The highest BCUT2D eigenvalue weighted by molar-refractivity contribution is 5.82. The molecule has 2 heterocycles. The van der Waals surface area contributed by atoms with Crippen molar-refractivity contribution in [3.8, 4) is 0 Å². The van der Waals surface area contributed by atoms with E-state index in [2.05, 4.69) is 42.3 Å². The first-order valence-corrected chi connectivity index (χ1v) is 8.20.